The number of anilines is 6. The Morgan fingerprint density at radius 2 is 1.55 bits per heavy atom. The number of rotatable bonds is 5. The number of Topliss-reactive ketones (excluding diaryl/α,β-unsaturated/α-hetero) is 2. The Labute approximate surface area is 312 Å². The molecule has 20 heteroatoms. The molecule has 2 aromatic heterocycles. The fraction of sp³-hybridized carbons (Fsp3) is 0.286. The van der Waals surface area contributed by atoms with Crippen molar-refractivity contribution >= 4 is 69.6 Å². The predicted octanol–water partition coefficient (Wildman–Crippen LogP) is 7.77. The maximum absolute atomic E-state index is 13.5. The smallest absolute Gasteiger partial charge is 0.339 e. The van der Waals surface area contributed by atoms with Gasteiger partial charge in [0.1, 0.15) is 10.8 Å². The predicted molar refractivity (Wildman–Crippen MR) is 187 cm³/mol. The van der Waals surface area contributed by atoms with E-state index in [1.54, 1.807) is 23.2 Å². The Balaban J connectivity index is 0.000000418. The number of piperidine rings is 1. The van der Waals surface area contributed by atoms with E-state index in [4.69, 9.17) is 11.6 Å². The lowest BCUT2D eigenvalue weighted by molar-refractivity contribution is -0.193. The van der Waals surface area contributed by atoms with Crippen molar-refractivity contribution in [3.05, 3.63) is 89.1 Å². The molecule has 0 aliphatic carbocycles. The second-order valence-electron chi connectivity index (χ2n) is 12.4. The van der Waals surface area contributed by atoms with E-state index in [2.05, 4.69) is 36.2 Å². The number of aromatic nitrogens is 3. The van der Waals surface area contributed by atoms with Gasteiger partial charge in [-0.2, -0.15) is 31.3 Å². The number of likely N-dealkylation sites (tertiary alicyclic amines) is 1. The molecule has 2 aromatic carbocycles. The number of alkyl halides is 6. The Hall–Kier alpha value is -5.85. The SMILES string of the molecule is O=C(C(=O)C(F)(F)F)C(F)(F)F.O=C(CC1CCN(C(=O)Nc2cccc(F)c2)CC1)Nc1ccc2cc1CCc1cncc(c1)Nc1ncc(Cl)c(n1)N2. The van der Waals surface area contributed by atoms with Crippen LogP contribution in [0.1, 0.15) is 30.4 Å². The molecule has 4 aromatic rings. The van der Waals surface area contributed by atoms with Gasteiger partial charge in [0, 0.05) is 42.8 Å². The fourth-order valence-electron chi connectivity index (χ4n) is 5.58. The van der Waals surface area contributed by atoms with Crippen molar-refractivity contribution in [1.82, 2.24) is 19.9 Å². The normalized spacial score (nSPS) is 14.3. The fourth-order valence-corrected chi connectivity index (χ4v) is 5.72. The highest BCUT2D eigenvalue weighted by Crippen LogP contribution is 2.30. The summed E-state index contributed by atoms with van der Waals surface area (Å²) in [4.78, 5) is 59.8. The number of carbonyl (C=O) groups is 4. The molecule has 2 aliphatic rings. The molecule has 55 heavy (non-hydrogen) atoms. The van der Waals surface area contributed by atoms with Crippen LogP contribution in [0, 0.1) is 11.7 Å². The van der Waals surface area contributed by atoms with Gasteiger partial charge in [-0.25, -0.2) is 14.2 Å². The lowest BCUT2D eigenvalue weighted by atomic mass is 9.93. The van der Waals surface area contributed by atoms with Crippen molar-refractivity contribution in [2.45, 2.75) is 44.5 Å². The number of nitrogens with one attached hydrogen (secondary N) is 4. The molecule has 6 rings (SSSR count). The quantitative estimate of drug-likeness (QED) is 0.117. The Bertz CT molecular complexity index is 2050. The molecule has 1 fully saturated rings. The van der Waals surface area contributed by atoms with Gasteiger partial charge in [0.15, 0.2) is 5.82 Å². The summed E-state index contributed by atoms with van der Waals surface area (Å²) in [5, 5.41) is 12.7. The molecule has 4 heterocycles. The highest BCUT2D eigenvalue weighted by molar-refractivity contribution is 6.41. The zero-order valence-electron chi connectivity index (χ0n) is 28.3. The third-order valence-electron chi connectivity index (χ3n) is 8.29. The van der Waals surface area contributed by atoms with Crippen LogP contribution in [0.2, 0.25) is 5.02 Å². The minimum absolute atomic E-state index is 0.0705. The molecule has 2 aliphatic heterocycles. The van der Waals surface area contributed by atoms with Crippen molar-refractivity contribution in [1.29, 1.82) is 0 Å². The topological polar surface area (TPSA) is 158 Å². The first-order valence-corrected chi connectivity index (χ1v) is 16.8. The van der Waals surface area contributed by atoms with E-state index >= 15 is 0 Å². The van der Waals surface area contributed by atoms with Crippen LogP contribution >= 0.6 is 11.6 Å². The van der Waals surface area contributed by atoms with Crippen molar-refractivity contribution in [2.24, 2.45) is 5.92 Å². The number of hydrogen-bond donors (Lipinski definition) is 4. The molecule has 0 unspecified atom stereocenters. The third kappa shape index (κ3) is 11.3. The average Bonchev–Trinajstić information content (AvgIpc) is 3.12. The number of hydrogen-bond acceptors (Lipinski definition) is 9. The number of fused-ring (bicyclic) bond motifs is 6. The molecular weight excluding hydrogens is 765 g/mol. The molecule has 290 valence electrons. The zero-order valence-corrected chi connectivity index (χ0v) is 29.1. The van der Waals surface area contributed by atoms with Gasteiger partial charge < -0.3 is 26.2 Å². The van der Waals surface area contributed by atoms with Crippen molar-refractivity contribution < 1.29 is 49.9 Å². The van der Waals surface area contributed by atoms with Gasteiger partial charge >= 0.3 is 30.0 Å². The first-order chi connectivity index (χ1) is 25.9. The summed E-state index contributed by atoms with van der Waals surface area (Å²) < 4.78 is 80.4. The second-order valence-corrected chi connectivity index (χ2v) is 12.8. The average molecular weight is 795 g/mol. The second kappa shape index (κ2) is 17.1. The Morgan fingerprint density at radius 3 is 2.22 bits per heavy atom. The summed E-state index contributed by atoms with van der Waals surface area (Å²) in [6.45, 7) is 1.06. The van der Waals surface area contributed by atoms with Gasteiger partial charge in [0.05, 0.1) is 18.1 Å². The summed E-state index contributed by atoms with van der Waals surface area (Å²) in [6, 6.07) is 13.3. The van der Waals surface area contributed by atoms with Crippen LogP contribution in [0.15, 0.2) is 67.1 Å². The number of amides is 3. The van der Waals surface area contributed by atoms with Gasteiger partial charge in [-0.05, 0) is 85.2 Å². The van der Waals surface area contributed by atoms with Crippen molar-refractivity contribution in [2.75, 3.05) is 34.4 Å². The molecule has 0 spiro atoms. The lowest BCUT2D eigenvalue weighted by Gasteiger charge is -2.31. The minimum Gasteiger partial charge on any atom is -0.339 e. The van der Waals surface area contributed by atoms with Crippen LogP contribution in [-0.4, -0.2) is 68.8 Å². The molecular formula is C35H30ClF7N8O4. The van der Waals surface area contributed by atoms with Crippen LogP contribution in [0.25, 0.3) is 0 Å². The summed E-state index contributed by atoms with van der Waals surface area (Å²) in [7, 11) is 0. The third-order valence-corrected chi connectivity index (χ3v) is 8.57. The van der Waals surface area contributed by atoms with Crippen LogP contribution in [-0.2, 0) is 27.2 Å². The van der Waals surface area contributed by atoms with Crippen LogP contribution in [0.5, 0.6) is 0 Å². The summed E-state index contributed by atoms with van der Waals surface area (Å²) in [5.74, 6) is -6.28. The lowest BCUT2D eigenvalue weighted by Crippen LogP contribution is -2.41. The Kier molecular flexibility index (Phi) is 12.5. The van der Waals surface area contributed by atoms with E-state index in [1.807, 2.05) is 30.5 Å². The van der Waals surface area contributed by atoms with Gasteiger partial charge in [-0.1, -0.05) is 17.7 Å². The van der Waals surface area contributed by atoms with Crippen molar-refractivity contribution in [3.63, 3.8) is 0 Å². The summed E-state index contributed by atoms with van der Waals surface area (Å²) in [6.07, 6.45) is -3.32. The highest BCUT2D eigenvalue weighted by Gasteiger charge is 2.54. The number of carbonyl (C=O) groups excluding carboxylic acids is 4. The monoisotopic (exact) mass is 794 g/mol. The number of pyridine rings is 1. The van der Waals surface area contributed by atoms with Crippen LogP contribution in [0.3, 0.4) is 0 Å². The maximum Gasteiger partial charge on any atom is 0.458 e. The molecule has 6 bridgehead atoms. The molecule has 0 saturated carbocycles. The number of ketones is 2. The molecule has 3 amide bonds. The number of benzene rings is 2. The van der Waals surface area contributed by atoms with Crippen LogP contribution in [0.4, 0.5) is 70.0 Å². The van der Waals surface area contributed by atoms with E-state index in [-0.39, 0.29) is 17.9 Å². The molecule has 12 nitrogen and oxygen atoms in total. The largest absolute Gasteiger partial charge is 0.458 e. The van der Waals surface area contributed by atoms with Gasteiger partial charge in [0.25, 0.3) is 0 Å². The molecule has 0 atom stereocenters. The van der Waals surface area contributed by atoms with E-state index < -0.39 is 29.7 Å². The number of aryl methyl sites for hydroxylation is 2. The zero-order chi connectivity index (χ0) is 39.9. The first kappa shape index (κ1) is 40.3. The van der Waals surface area contributed by atoms with E-state index in [0.717, 1.165) is 28.2 Å². The van der Waals surface area contributed by atoms with E-state index in [1.165, 1.54) is 18.3 Å². The van der Waals surface area contributed by atoms with Crippen LogP contribution < -0.4 is 21.3 Å². The van der Waals surface area contributed by atoms with Gasteiger partial charge in [-0.15, -0.1) is 0 Å². The van der Waals surface area contributed by atoms with E-state index in [9.17, 15) is 49.9 Å². The minimum atomic E-state index is -5.77. The maximum atomic E-state index is 13.5. The van der Waals surface area contributed by atoms with Crippen molar-refractivity contribution in [3.8, 4) is 0 Å². The summed E-state index contributed by atoms with van der Waals surface area (Å²) >= 11 is 6.37. The standard InChI is InChI=1S/C31H30ClFN8O2.C4F6O2/c32-26-18-35-30-37-25-12-20(16-34-17-25)4-5-21-14-24(36-29(26)40-30)6-7-27(21)39-28(42)13-19-8-10-41(11-9-19)31(43)38-23-3-1-2-22(33)15-23;5-3(6,7)1(11)2(12)4(8,9)10/h1-3,6-7,12,14-19H,4-5,8-11,13H2,(H,38,43)(H,39,42)(H2,35,36,37,40);. The van der Waals surface area contributed by atoms with Gasteiger partial charge in [-0.3, -0.25) is 19.4 Å². The molecule has 0 radical (unpaired) electrons. The molecule has 1 saturated heterocycles. The number of nitrogens with zero attached hydrogens (tertiary/aromatic N) is 4. The molecule has 4 N–H and O–H groups in total. The highest BCUT2D eigenvalue weighted by atomic mass is 35.5. The first-order valence-electron chi connectivity index (χ1n) is 16.4. The number of urea groups is 1. The number of halogens is 8. The summed E-state index contributed by atoms with van der Waals surface area (Å²) in [5.41, 5.74) is 4.71. The Morgan fingerprint density at radius 1 is 0.836 bits per heavy atom. The van der Waals surface area contributed by atoms with E-state index in [0.29, 0.717) is 67.7 Å². The van der Waals surface area contributed by atoms with Gasteiger partial charge in [0.2, 0.25) is 11.9 Å².